The number of amides is 1. The van der Waals surface area contributed by atoms with Crippen molar-refractivity contribution in [3.05, 3.63) is 71.4 Å². The zero-order valence-electron chi connectivity index (χ0n) is 16.2. The molecule has 3 rings (SSSR count). The highest BCUT2D eigenvalue weighted by molar-refractivity contribution is 5.98. The summed E-state index contributed by atoms with van der Waals surface area (Å²) >= 11 is 0. The molecule has 0 spiro atoms. The first-order chi connectivity index (χ1) is 13.4. The van der Waals surface area contributed by atoms with Gasteiger partial charge in [0.2, 0.25) is 5.95 Å². The molecule has 0 aliphatic carbocycles. The molecule has 0 bridgehead atoms. The number of aromatic nitrogens is 2. The zero-order chi connectivity index (χ0) is 20.1. The maximum atomic E-state index is 11.8. The SMILES string of the molecule is Cc1cccc(Nc2nc(Nc3ccc(CN(C)C)cc3)ncc2C(N)=O)c1. The molecular weight excluding hydrogens is 352 g/mol. The van der Waals surface area contributed by atoms with Gasteiger partial charge in [0, 0.05) is 24.1 Å². The van der Waals surface area contributed by atoms with E-state index in [-0.39, 0.29) is 5.56 Å². The lowest BCUT2D eigenvalue weighted by atomic mass is 10.2. The lowest BCUT2D eigenvalue weighted by molar-refractivity contribution is 0.100. The van der Waals surface area contributed by atoms with Gasteiger partial charge in [0.25, 0.3) is 5.91 Å². The Bertz CT molecular complexity index is 969. The molecule has 0 atom stereocenters. The second-order valence-electron chi connectivity index (χ2n) is 6.87. The molecular formula is C21H24N6O. The van der Waals surface area contributed by atoms with E-state index in [9.17, 15) is 4.79 Å². The van der Waals surface area contributed by atoms with E-state index < -0.39 is 5.91 Å². The van der Waals surface area contributed by atoms with Crippen molar-refractivity contribution in [1.82, 2.24) is 14.9 Å². The van der Waals surface area contributed by atoms with E-state index in [2.05, 4.69) is 25.5 Å². The number of primary amides is 1. The third-order valence-electron chi connectivity index (χ3n) is 4.04. The monoisotopic (exact) mass is 376 g/mol. The average Bonchev–Trinajstić information content (AvgIpc) is 2.63. The molecule has 0 fully saturated rings. The van der Waals surface area contributed by atoms with Gasteiger partial charge in [0.15, 0.2) is 0 Å². The van der Waals surface area contributed by atoms with Gasteiger partial charge < -0.3 is 21.3 Å². The van der Waals surface area contributed by atoms with E-state index in [1.807, 2.05) is 69.6 Å². The molecule has 3 aromatic rings. The minimum absolute atomic E-state index is 0.230. The van der Waals surface area contributed by atoms with Gasteiger partial charge in [0.05, 0.1) is 0 Å². The fraction of sp³-hybridized carbons (Fsp3) is 0.190. The topological polar surface area (TPSA) is 96.2 Å². The third kappa shape index (κ3) is 5.05. The summed E-state index contributed by atoms with van der Waals surface area (Å²) in [7, 11) is 4.06. The zero-order valence-corrected chi connectivity index (χ0v) is 16.2. The van der Waals surface area contributed by atoms with Gasteiger partial charge in [-0.2, -0.15) is 4.98 Å². The van der Waals surface area contributed by atoms with Gasteiger partial charge in [-0.1, -0.05) is 24.3 Å². The number of aryl methyl sites for hydroxylation is 1. The van der Waals surface area contributed by atoms with Crippen molar-refractivity contribution in [2.24, 2.45) is 5.73 Å². The summed E-state index contributed by atoms with van der Waals surface area (Å²) in [6.07, 6.45) is 1.43. The van der Waals surface area contributed by atoms with E-state index >= 15 is 0 Å². The molecule has 0 saturated carbocycles. The van der Waals surface area contributed by atoms with Crippen molar-refractivity contribution in [2.45, 2.75) is 13.5 Å². The van der Waals surface area contributed by atoms with Gasteiger partial charge >= 0.3 is 0 Å². The molecule has 4 N–H and O–H groups in total. The minimum atomic E-state index is -0.588. The van der Waals surface area contributed by atoms with Gasteiger partial charge in [0.1, 0.15) is 11.4 Å². The lowest BCUT2D eigenvalue weighted by Crippen LogP contribution is -2.15. The van der Waals surface area contributed by atoms with E-state index in [0.29, 0.717) is 11.8 Å². The Morgan fingerprint density at radius 3 is 2.46 bits per heavy atom. The fourth-order valence-electron chi connectivity index (χ4n) is 2.76. The summed E-state index contributed by atoms with van der Waals surface area (Å²) in [5, 5.41) is 6.31. The van der Waals surface area contributed by atoms with E-state index in [1.54, 1.807) is 0 Å². The molecule has 1 aromatic heterocycles. The lowest BCUT2D eigenvalue weighted by Gasteiger charge is -2.13. The van der Waals surface area contributed by atoms with Crippen LogP contribution in [-0.4, -0.2) is 34.9 Å². The summed E-state index contributed by atoms with van der Waals surface area (Å²) in [5.41, 5.74) is 9.68. The second kappa shape index (κ2) is 8.49. The molecule has 7 heteroatoms. The third-order valence-corrected chi connectivity index (χ3v) is 4.04. The van der Waals surface area contributed by atoms with Crippen molar-refractivity contribution >= 4 is 29.0 Å². The number of anilines is 4. The van der Waals surface area contributed by atoms with E-state index in [4.69, 9.17) is 5.73 Å². The van der Waals surface area contributed by atoms with Gasteiger partial charge in [-0.05, 0) is 56.4 Å². The first-order valence-corrected chi connectivity index (χ1v) is 8.92. The van der Waals surface area contributed by atoms with Gasteiger partial charge in [-0.25, -0.2) is 4.98 Å². The van der Waals surface area contributed by atoms with Crippen LogP contribution in [-0.2, 0) is 6.54 Å². The smallest absolute Gasteiger partial charge is 0.254 e. The number of nitrogens with two attached hydrogens (primary N) is 1. The molecule has 7 nitrogen and oxygen atoms in total. The highest BCUT2D eigenvalue weighted by Crippen LogP contribution is 2.22. The van der Waals surface area contributed by atoms with Crippen LogP contribution in [0.3, 0.4) is 0 Å². The van der Waals surface area contributed by atoms with Crippen LogP contribution < -0.4 is 16.4 Å². The summed E-state index contributed by atoms with van der Waals surface area (Å²) in [6, 6.07) is 15.8. The van der Waals surface area contributed by atoms with E-state index in [1.165, 1.54) is 11.8 Å². The number of nitrogens with one attached hydrogen (secondary N) is 2. The van der Waals surface area contributed by atoms with Crippen LogP contribution in [0.5, 0.6) is 0 Å². The molecule has 1 amide bonds. The summed E-state index contributed by atoms with van der Waals surface area (Å²) in [6.45, 7) is 2.86. The minimum Gasteiger partial charge on any atom is -0.365 e. The van der Waals surface area contributed by atoms with Crippen molar-refractivity contribution < 1.29 is 4.79 Å². The van der Waals surface area contributed by atoms with Crippen LogP contribution in [0.25, 0.3) is 0 Å². The second-order valence-corrected chi connectivity index (χ2v) is 6.87. The van der Waals surface area contributed by atoms with Gasteiger partial charge in [-0.3, -0.25) is 4.79 Å². The fourth-order valence-corrected chi connectivity index (χ4v) is 2.76. The Hall–Kier alpha value is -3.45. The molecule has 0 saturated heterocycles. The summed E-state index contributed by atoms with van der Waals surface area (Å²) in [5.74, 6) is 0.148. The number of rotatable bonds is 7. The van der Waals surface area contributed by atoms with Crippen molar-refractivity contribution in [3.8, 4) is 0 Å². The van der Waals surface area contributed by atoms with Crippen LogP contribution in [0.15, 0.2) is 54.7 Å². The number of carbonyl (C=O) groups excluding carboxylic acids is 1. The molecule has 144 valence electrons. The highest BCUT2D eigenvalue weighted by Gasteiger charge is 2.13. The number of nitrogens with zero attached hydrogens (tertiary/aromatic N) is 3. The van der Waals surface area contributed by atoms with E-state index in [0.717, 1.165) is 23.5 Å². The molecule has 28 heavy (non-hydrogen) atoms. The Balaban J connectivity index is 1.83. The normalized spacial score (nSPS) is 10.7. The Kier molecular flexibility index (Phi) is 5.86. The first-order valence-electron chi connectivity index (χ1n) is 8.92. The number of benzene rings is 2. The van der Waals surface area contributed by atoms with Crippen LogP contribution in [0.4, 0.5) is 23.1 Å². The van der Waals surface area contributed by atoms with Crippen LogP contribution >= 0.6 is 0 Å². The molecule has 0 aliphatic heterocycles. The predicted molar refractivity (Wildman–Crippen MR) is 112 cm³/mol. The number of hydrogen-bond donors (Lipinski definition) is 3. The standard InChI is InChI=1S/C21H24N6O/c1-14-5-4-6-17(11-14)24-20-18(19(22)28)12-23-21(26-20)25-16-9-7-15(8-10-16)13-27(2)3/h4-12H,13H2,1-3H3,(H2,22,28)(H2,23,24,25,26). The highest BCUT2D eigenvalue weighted by atomic mass is 16.1. The molecule has 0 radical (unpaired) electrons. The maximum absolute atomic E-state index is 11.8. The first kappa shape index (κ1) is 19.3. The Morgan fingerprint density at radius 1 is 1.07 bits per heavy atom. The van der Waals surface area contributed by atoms with Crippen LogP contribution in [0.1, 0.15) is 21.5 Å². The maximum Gasteiger partial charge on any atom is 0.254 e. The largest absolute Gasteiger partial charge is 0.365 e. The summed E-state index contributed by atoms with van der Waals surface area (Å²) in [4.78, 5) is 22.5. The van der Waals surface area contributed by atoms with Crippen molar-refractivity contribution in [2.75, 3.05) is 24.7 Å². The van der Waals surface area contributed by atoms with Crippen LogP contribution in [0.2, 0.25) is 0 Å². The quantitative estimate of drug-likeness (QED) is 0.585. The van der Waals surface area contributed by atoms with Crippen molar-refractivity contribution in [1.29, 1.82) is 0 Å². The molecule has 0 unspecified atom stereocenters. The predicted octanol–water partition coefficient (Wildman–Crippen LogP) is 3.43. The molecule has 0 aliphatic rings. The molecule has 2 aromatic carbocycles. The summed E-state index contributed by atoms with van der Waals surface area (Å²) < 4.78 is 0. The van der Waals surface area contributed by atoms with Crippen LogP contribution in [0, 0.1) is 6.92 Å². The average molecular weight is 376 g/mol. The molecule has 1 heterocycles. The Labute approximate surface area is 164 Å². The number of carbonyl (C=O) groups is 1. The Morgan fingerprint density at radius 2 is 1.82 bits per heavy atom. The number of hydrogen-bond acceptors (Lipinski definition) is 6. The van der Waals surface area contributed by atoms with Crippen molar-refractivity contribution in [3.63, 3.8) is 0 Å². The van der Waals surface area contributed by atoms with Gasteiger partial charge in [-0.15, -0.1) is 0 Å².